The van der Waals surface area contributed by atoms with Crippen molar-refractivity contribution in [2.75, 3.05) is 17.6 Å². The van der Waals surface area contributed by atoms with Gasteiger partial charge in [-0.05, 0) is 38.0 Å². The van der Waals surface area contributed by atoms with Gasteiger partial charge in [0.05, 0.1) is 5.56 Å². The minimum Gasteiger partial charge on any atom is -0.385 e. The lowest BCUT2D eigenvalue weighted by molar-refractivity contribution is -0.124. The topological polar surface area (TPSA) is 100 Å². The Labute approximate surface area is 141 Å². The number of rotatable bonds is 4. The molecule has 1 fully saturated rings. The zero-order valence-corrected chi connectivity index (χ0v) is 14.2. The molecular formula is C18H24N4O2. The Bertz CT molecular complexity index is 788. The standard InChI is InChI=1S/C18H24N4O2/c1-3-20-16(23)14-12-7-6-11(10-13(12)22-15(14)19)21-17(24)18(2)8-4-5-9-18/h6-7,10,22H,3-5,8-9,19H2,1-2H3,(H,20,23)(H,21,24). The van der Waals surface area contributed by atoms with Gasteiger partial charge in [-0.1, -0.05) is 19.8 Å². The molecule has 0 spiro atoms. The van der Waals surface area contributed by atoms with Crippen LogP contribution in [-0.2, 0) is 4.79 Å². The van der Waals surface area contributed by atoms with Crippen molar-refractivity contribution in [3.63, 3.8) is 0 Å². The van der Waals surface area contributed by atoms with Gasteiger partial charge < -0.3 is 21.4 Å². The van der Waals surface area contributed by atoms with Crippen LogP contribution >= 0.6 is 0 Å². The number of aromatic amines is 1. The maximum atomic E-state index is 12.5. The van der Waals surface area contributed by atoms with Crippen LogP contribution in [0.5, 0.6) is 0 Å². The molecule has 1 aromatic carbocycles. The van der Waals surface area contributed by atoms with Crippen LogP contribution in [0.25, 0.3) is 10.9 Å². The van der Waals surface area contributed by atoms with E-state index in [0.29, 0.717) is 23.6 Å². The first-order valence-corrected chi connectivity index (χ1v) is 8.45. The molecule has 2 aromatic rings. The maximum Gasteiger partial charge on any atom is 0.255 e. The van der Waals surface area contributed by atoms with Gasteiger partial charge in [0.1, 0.15) is 5.82 Å². The van der Waals surface area contributed by atoms with Crippen molar-refractivity contribution in [1.29, 1.82) is 0 Å². The summed E-state index contributed by atoms with van der Waals surface area (Å²) in [7, 11) is 0. The number of hydrogen-bond donors (Lipinski definition) is 4. The van der Waals surface area contributed by atoms with Crippen LogP contribution in [0.3, 0.4) is 0 Å². The summed E-state index contributed by atoms with van der Waals surface area (Å²) in [4.78, 5) is 27.7. The van der Waals surface area contributed by atoms with Gasteiger partial charge in [0.2, 0.25) is 5.91 Å². The second kappa shape index (κ2) is 6.19. The van der Waals surface area contributed by atoms with Crippen molar-refractivity contribution < 1.29 is 9.59 Å². The Morgan fingerprint density at radius 3 is 2.67 bits per heavy atom. The molecule has 5 N–H and O–H groups in total. The number of amides is 2. The molecule has 0 unspecified atom stereocenters. The molecule has 2 amide bonds. The SMILES string of the molecule is CCNC(=O)c1c(N)[nH]c2cc(NC(=O)C3(C)CCCC3)ccc12. The first-order chi connectivity index (χ1) is 11.4. The number of H-pyrrole nitrogens is 1. The van der Waals surface area contributed by atoms with Gasteiger partial charge in [-0.15, -0.1) is 0 Å². The van der Waals surface area contributed by atoms with Crippen LogP contribution in [0.2, 0.25) is 0 Å². The predicted octanol–water partition coefficient (Wildman–Crippen LogP) is 3.02. The number of benzene rings is 1. The molecule has 0 aliphatic heterocycles. The summed E-state index contributed by atoms with van der Waals surface area (Å²) in [5.41, 5.74) is 7.57. The number of nitrogen functional groups attached to an aromatic ring is 1. The van der Waals surface area contributed by atoms with Crippen LogP contribution in [0.1, 0.15) is 49.9 Å². The fraction of sp³-hybridized carbons (Fsp3) is 0.444. The second-order valence-corrected chi connectivity index (χ2v) is 6.76. The van der Waals surface area contributed by atoms with Crippen LogP contribution < -0.4 is 16.4 Å². The van der Waals surface area contributed by atoms with Gasteiger partial charge in [0.15, 0.2) is 0 Å². The lowest BCUT2D eigenvalue weighted by Gasteiger charge is -2.22. The average molecular weight is 328 g/mol. The van der Waals surface area contributed by atoms with E-state index in [4.69, 9.17) is 5.73 Å². The van der Waals surface area contributed by atoms with Crippen molar-refractivity contribution in [2.45, 2.75) is 39.5 Å². The second-order valence-electron chi connectivity index (χ2n) is 6.76. The molecule has 1 heterocycles. The van der Waals surface area contributed by atoms with E-state index in [0.717, 1.165) is 36.6 Å². The van der Waals surface area contributed by atoms with Crippen LogP contribution in [0.4, 0.5) is 11.5 Å². The molecule has 1 aromatic heterocycles. The molecule has 0 saturated heterocycles. The minimum atomic E-state index is -0.282. The fourth-order valence-electron chi connectivity index (χ4n) is 3.45. The molecule has 0 atom stereocenters. The van der Waals surface area contributed by atoms with E-state index in [1.807, 2.05) is 32.0 Å². The van der Waals surface area contributed by atoms with Crippen molar-refractivity contribution in [1.82, 2.24) is 10.3 Å². The van der Waals surface area contributed by atoms with Gasteiger partial charge in [-0.3, -0.25) is 9.59 Å². The zero-order chi connectivity index (χ0) is 17.3. The van der Waals surface area contributed by atoms with E-state index >= 15 is 0 Å². The molecule has 3 rings (SSSR count). The van der Waals surface area contributed by atoms with Crippen LogP contribution in [-0.4, -0.2) is 23.3 Å². The summed E-state index contributed by atoms with van der Waals surface area (Å²) in [6.07, 6.45) is 4.06. The number of carbonyl (C=O) groups is 2. The van der Waals surface area contributed by atoms with Gasteiger partial charge >= 0.3 is 0 Å². The van der Waals surface area contributed by atoms with Crippen molar-refractivity contribution in [2.24, 2.45) is 5.41 Å². The van der Waals surface area contributed by atoms with Crippen LogP contribution in [0.15, 0.2) is 18.2 Å². The Morgan fingerprint density at radius 1 is 1.29 bits per heavy atom. The molecule has 0 bridgehead atoms. The van der Waals surface area contributed by atoms with E-state index < -0.39 is 0 Å². The van der Waals surface area contributed by atoms with Gasteiger partial charge in [0, 0.05) is 28.6 Å². The Morgan fingerprint density at radius 2 is 2.00 bits per heavy atom. The number of fused-ring (bicyclic) bond motifs is 1. The van der Waals surface area contributed by atoms with E-state index in [9.17, 15) is 9.59 Å². The van der Waals surface area contributed by atoms with E-state index in [2.05, 4.69) is 15.6 Å². The third-order valence-electron chi connectivity index (χ3n) is 4.91. The highest BCUT2D eigenvalue weighted by Crippen LogP contribution is 2.38. The summed E-state index contributed by atoms with van der Waals surface area (Å²) < 4.78 is 0. The molecule has 6 heteroatoms. The summed E-state index contributed by atoms with van der Waals surface area (Å²) in [5.74, 6) is 0.196. The number of carbonyl (C=O) groups excluding carboxylic acids is 2. The summed E-state index contributed by atoms with van der Waals surface area (Å²) in [5, 5.41) is 6.51. The maximum absolute atomic E-state index is 12.5. The Kier molecular flexibility index (Phi) is 4.22. The molecule has 1 aliphatic carbocycles. The van der Waals surface area contributed by atoms with Crippen LogP contribution in [0, 0.1) is 5.41 Å². The highest BCUT2D eigenvalue weighted by atomic mass is 16.2. The molecule has 6 nitrogen and oxygen atoms in total. The largest absolute Gasteiger partial charge is 0.385 e. The molecule has 1 saturated carbocycles. The van der Waals surface area contributed by atoms with Crippen molar-refractivity contribution >= 4 is 34.2 Å². The lowest BCUT2D eigenvalue weighted by atomic mass is 9.88. The van der Waals surface area contributed by atoms with Gasteiger partial charge in [-0.25, -0.2) is 0 Å². The number of nitrogens with one attached hydrogen (secondary N) is 3. The van der Waals surface area contributed by atoms with Gasteiger partial charge in [0.25, 0.3) is 5.91 Å². The average Bonchev–Trinajstić information content (AvgIpc) is 3.11. The number of anilines is 2. The smallest absolute Gasteiger partial charge is 0.255 e. The lowest BCUT2D eigenvalue weighted by Crippen LogP contribution is -2.30. The summed E-state index contributed by atoms with van der Waals surface area (Å²) in [6.45, 7) is 4.42. The highest BCUT2D eigenvalue weighted by molar-refractivity contribution is 6.12. The van der Waals surface area contributed by atoms with E-state index in [1.165, 1.54) is 0 Å². The van der Waals surface area contributed by atoms with Crippen molar-refractivity contribution in [3.05, 3.63) is 23.8 Å². The number of aromatic nitrogens is 1. The Hall–Kier alpha value is -2.50. The first-order valence-electron chi connectivity index (χ1n) is 8.45. The number of hydrogen-bond acceptors (Lipinski definition) is 3. The predicted molar refractivity (Wildman–Crippen MR) is 95.9 cm³/mol. The van der Waals surface area contributed by atoms with Crippen molar-refractivity contribution in [3.8, 4) is 0 Å². The minimum absolute atomic E-state index is 0.0582. The monoisotopic (exact) mass is 328 g/mol. The highest BCUT2D eigenvalue weighted by Gasteiger charge is 2.36. The van der Waals surface area contributed by atoms with E-state index in [1.54, 1.807) is 0 Å². The Balaban J connectivity index is 1.87. The van der Waals surface area contributed by atoms with E-state index in [-0.39, 0.29) is 17.2 Å². The molecule has 128 valence electrons. The number of nitrogens with two attached hydrogens (primary N) is 1. The third kappa shape index (κ3) is 2.84. The van der Waals surface area contributed by atoms with Gasteiger partial charge in [-0.2, -0.15) is 0 Å². The fourth-order valence-corrected chi connectivity index (χ4v) is 3.45. The zero-order valence-electron chi connectivity index (χ0n) is 14.2. The summed E-state index contributed by atoms with van der Waals surface area (Å²) in [6, 6.07) is 5.46. The first kappa shape index (κ1) is 16.4. The molecule has 1 aliphatic rings. The molecule has 0 radical (unpaired) electrons. The normalized spacial score (nSPS) is 16.2. The third-order valence-corrected chi connectivity index (χ3v) is 4.91. The molecular weight excluding hydrogens is 304 g/mol. The molecule has 24 heavy (non-hydrogen) atoms. The summed E-state index contributed by atoms with van der Waals surface area (Å²) >= 11 is 0. The quantitative estimate of drug-likeness (QED) is 0.694.